The van der Waals surface area contributed by atoms with Crippen molar-refractivity contribution in [1.82, 2.24) is 4.90 Å². The summed E-state index contributed by atoms with van der Waals surface area (Å²) in [6, 6.07) is 15.0. The van der Waals surface area contributed by atoms with Crippen molar-refractivity contribution < 1.29 is 9.18 Å². The molecule has 3 heteroatoms. The molecule has 0 radical (unpaired) electrons. The van der Waals surface area contributed by atoms with Crippen LogP contribution in [0.2, 0.25) is 0 Å². The molecule has 0 atom stereocenters. The molecule has 33 heavy (non-hydrogen) atoms. The van der Waals surface area contributed by atoms with Gasteiger partial charge in [0.15, 0.2) is 0 Å². The summed E-state index contributed by atoms with van der Waals surface area (Å²) in [4.78, 5) is 13.2. The second-order valence-corrected chi connectivity index (χ2v) is 9.67. The number of unbranched alkanes of at least 4 members (excludes halogenated alkanes) is 2. The molecular weight excluding hydrogens is 409 g/mol. The van der Waals surface area contributed by atoms with Crippen LogP contribution in [0.5, 0.6) is 0 Å². The third-order valence-electron chi connectivity index (χ3n) is 7.26. The molecule has 1 amide bonds. The number of amides is 1. The molecule has 0 unspecified atom stereocenters. The Bertz CT molecular complexity index is 896. The fourth-order valence-corrected chi connectivity index (χ4v) is 5.12. The maximum Gasteiger partial charge on any atom is 0.245 e. The van der Waals surface area contributed by atoms with Crippen molar-refractivity contribution in [1.29, 1.82) is 0 Å². The molecule has 0 aliphatic heterocycles. The quantitative estimate of drug-likeness (QED) is 0.256. The number of rotatable bonds is 11. The molecular formula is C30H40FNO. The van der Waals surface area contributed by atoms with Gasteiger partial charge in [0, 0.05) is 13.6 Å². The zero-order valence-electron chi connectivity index (χ0n) is 20.5. The van der Waals surface area contributed by atoms with Crippen LogP contribution in [-0.2, 0) is 17.6 Å². The Balaban J connectivity index is 1.49. The summed E-state index contributed by atoms with van der Waals surface area (Å²) in [7, 11) is 1.77. The van der Waals surface area contributed by atoms with E-state index in [2.05, 4.69) is 43.8 Å². The Morgan fingerprint density at radius 2 is 1.61 bits per heavy atom. The van der Waals surface area contributed by atoms with Gasteiger partial charge in [-0.15, -0.1) is 0 Å². The zero-order valence-corrected chi connectivity index (χ0v) is 20.5. The number of nitrogens with zero attached hydrogens (tertiary/aromatic N) is 1. The lowest BCUT2D eigenvalue weighted by Gasteiger charge is -2.29. The van der Waals surface area contributed by atoms with Gasteiger partial charge >= 0.3 is 0 Å². The van der Waals surface area contributed by atoms with Gasteiger partial charge in [-0.05, 0) is 97.6 Å². The summed E-state index contributed by atoms with van der Waals surface area (Å²) in [6.45, 7) is 6.41. The minimum absolute atomic E-state index is 0.0668. The first-order chi connectivity index (χ1) is 16.0. The lowest BCUT2D eigenvalue weighted by Crippen LogP contribution is -2.25. The fourth-order valence-electron chi connectivity index (χ4n) is 5.12. The Labute approximate surface area is 199 Å². The van der Waals surface area contributed by atoms with Gasteiger partial charge in [0.05, 0.1) is 0 Å². The topological polar surface area (TPSA) is 20.3 Å². The number of aryl methyl sites for hydroxylation is 2. The van der Waals surface area contributed by atoms with Gasteiger partial charge in [-0.1, -0.05) is 62.7 Å². The summed E-state index contributed by atoms with van der Waals surface area (Å²) >= 11 is 0. The molecule has 0 heterocycles. The SMILES string of the molecule is C=CC(=O)N(C)CCCc1ccc(C2CCC(c3ccc(CCCCC)cc3)CC2)c(F)c1. The van der Waals surface area contributed by atoms with Gasteiger partial charge in [0.25, 0.3) is 0 Å². The Morgan fingerprint density at radius 1 is 0.970 bits per heavy atom. The van der Waals surface area contributed by atoms with E-state index in [0.717, 1.165) is 49.7 Å². The molecule has 178 valence electrons. The molecule has 1 saturated carbocycles. The molecule has 1 fully saturated rings. The number of likely N-dealkylation sites (N-methyl/N-ethyl adjacent to an activating group) is 1. The normalized spacial score (nSPS) is 18.2. The minimum Gasteiger partial charge on any atom is -0.342 e. The highest BCUT2D eigenvalue weighted by Gasteiger charge is 2.25. The van der Waals surface area contributed by atoms with E-state index in [9.17, 15) is 9.18 Å². The number of hydrogen-bond acceptors (Lipinski definition) is 1. The van der Waals surface area contributed by atoms with E-state index in [1.54, 1.807) is 18.0 Å². The summed E-state index contributed by atoms with van der Waals surface area (Å²) < 4.78 is 14.9. The van der Waals surface area contributed by atoms with E-state index >= 15 is 0 Å². The van der Waals surface area contributed by atoms with Crippen LogP contribution in [0.3, 0.4) is 0 Å². The van der Waals surface area contributed by atoms with Gasteiger partial charge in [-0.2, -0.15) is 0 Å². The summed E-state index contributed by atoms with van der Waals surface area (Å²) in [5, 5.41) is 0. The number of carbonyl (C=O) groups is 1. The number of carbonyl (C=O) groups excluding carboxylic acids is 1. The maximum atomic E-state index is 14.9. The third kappa shape index (κ3) is 7.28. The van der Waals surface area contributed by atoms with E-state index in [1.165, 1.54) is 42.9 Å². The van der Waals surface area contributed by atoms with Crippen LogP contribution >= 0.6 is 0 Å². The minimum atomic E-state index is -0.0740. The second kappa shape index (κ2) is 12.7. The van der Waals surface area contributed by atoms with E-state index in [0.29, 0.717) is 18.4 Å². The van der Waals surface area contributed by atoms with E-state index < -0.39 is 0 Å². The van der Waals surface area contributed by atoms with Crippen molar-refractivity contribution in [2.45, 2.75) is 83.0 Å². The van der Waals surface area contributed by atoms with Crippen molar-refractivity contribution >= 4 is 5.91 Å². The highest BCUT2D eigenvalue weighted by molar-refractivity contribution is 5.86. The summed E-state index contributed by atoms with van der Waals surface area (Å²) in [5.41, 5.74) is 4.77. The van der Waals surface area contributed by atoms with Crippen molar-refractivity contribution in [3.63, 3.8) is 0 Å². The van der Waals surface area contributed by atoms with Gasteiger partial charge in [-0.3, -0.25) is 4.79 Å². The Hall–Kier alpha value is -2.42. The Kier molecular flexibility index (Phi) is 9.72. The molecule has 2 aromatic rings. The lowest BCUT2D eigenvalue weighted by molar-refractivity contribution is -0.124. The molecule has 0 aromatic heterocycles. The molecule has 2 nitrogen and oxygen atoms in total. The van der Waals surface area contributed by atoms with Crippen molar-refractivity contribution in [3.05, 3.63) is 83.2 Å². The predicted octanol–water partition coefficient (Wildman–Crippen LogP) is 7.58. The third-order valence-corrected chi connectivity index (χ3v) is 7.26. The van der Waals surface area contributed by atoms with Crippen LogP contribution in [0.15, 0.2) is 55.1 Å². The molecule has 1 aliphatic carbocycles. The number of halogens is 1. The van der Waals surface area contributed by atoms with Crippen molar-refractivity contribution in [3.8, 4) is 0 Å². The van der Waals surface area contributed by atoms with Gasteiger partial charge in [0.1, 0.15) is 5.82 Å². The van der Waals surface area contributed by atoms with Crippen LogP contribution in [-0.4, -0.2) is 24.4 Å². The smallest absolute Gasteiger partial charge is 0.245 e. The molecule has 3 rings (SSSR count). The van der Waals surface area contributed by atoms with E-state index in [4.69, 9.17) is 0 Å². The monoisotopic (exact) mass is 449 g/mol. The second-order valence-electron chi connectivity index (χ2n) is 9.67. The molecule has 0 spiro atoms. The average Bonchev–Trinajstić information content (AvgIpc) is 2.84. The largest absolute Gasteiger partial charge is 0.342 e. The summed E-state index contributed by atoms with van der Waals surface area (Å²) in [6.07, 6.45) is 12.3. The first kappa shape index (κ1) is 25.2. The fraction of sp³-hybridized carbons (Fsp3) is 0.500. The number of benzene rings is 2. The first-order valence-electron chi connectivity index (χ1n) is 12.8. The average molecular weight is 450 g/mol. The maximum absolute atomic E-state index is 14.9. The van der Waals surface area contributed by atoms with Crippen LogP contribution in [0.4, 0.5) is 4.39 Å². The van der Waals surface area contributed by atoms with E-state index in [-0.39, 0.29) is 11.7 Å². The van der Waals surface area contributed by atoms with Crippen molar-refractivity contribution in [2.75, 3.05) is 13.6 Å². The summed E-state index contributed by atoms with van der Waals surface area (Å²) in [5.74, 6) is 0.779. The lowest BCUT2D eigenvalue weighted by atomic mass is 9.76. The predicted molar refractivity (Wildman–Crippen MR) is 136 cm³/mol. The highest BCUT2D eigenvalue weighted by atomic mass is 19.1. The van der Waals surface area contributed by atoms with Gasteiger partial charge in [0.2, 0.25) is 5.91 Å². The molecule has 0 saturated heterocycles. The highest BCUT2D eigenvalue weighted by Crippen LogP contribution is 2.41. The molecule has 0 bridgehead atoms. The number of hydrogen-bond donors (Lipinski definition) is 0. The standard InChI is InChI=1S/C30H40FNO/c1-4-6-7-9-23-11-14-25(15-12-23)26-16-18-27(19-17-26)28-20-13-24(22-29(28)31)10-8-21-32(3)30(33)5-2/h5,11-15,20,22,26-27H,2,4,6-10,16-19,21H2,1,3H3. The van der Waals surface area contributed by atoms with Gasteiger partial charge < -0.3 is 4.90 Å². The zero-order chi connectivity index (χ0) is 23.6. The van der Waals surface area contributed by atoms with Crippen LogP contribution < -0.4 is 0 Å². The Morgan fingerprint density at radius 3 is 2.24 bits per heavy atom. The van der Waals surface area contributed by atoms with Crippen LogP contribution in [0.1, 0.15) is 92.4 Å². The van der Waals surface area contributed by atoms with Gasteiger partial charge in [-0.25, -0.2) is 4.39 Å². The van der Waals surface area contributed by atoms with E-state index in [1.807, 2.05) is 6.07 Å². The molecule has 0 N–H and O–H groups in total. The first-order valence-corrected chi connectivity index (χ1v) is 12.8. The molecule has 2 aromatic carbocycles. The molecule has 1 aliphatic rings. The van der Waals surface area contributed by atoms with Crippen LogP contribution in [0.25, 0.3) is 0 Å². The van der Waals surface area contributed by atoms with Crippen molar-refractivity contribution in [2.24, 2.45) is 0 Å². The van der Waals surface area contributed by atoms with Crippen LogP contribution in [0, 0.1) is 5.82 Å².